The van der Waals surface area contributed by atoms with Crippen LogP contribution >= 0.6 is 0 Å². The van der Waals surface area contributed by atoms with Gasteiger partial charge < -0.3 is 10.2 Å². The van der Waals surface area contributed by atoms with Gasteiger partial charge in [0.15, 0.2) is 5.78 Å². The van der Waals surface area contributed by atoms with Crippen LogP contribution in [0.3, 0.4) is 0 Å². The van der Waals surface area contributed by atoms with Crippen molar-refractivity contribution >= 4 is 17.7 Å². The van der Waals surface area contributed by atoms with E-state index in [9.17, 15) is 19.5 Å². The summed E-state index contributed by atoms with van der Waals surface area (Å²) in [7, 11) is 0. The minimum Gasteiger partial charge on any atom is -0.478 e. The van der Waals surface area contributed by atoms with Crippen molar-refractivity contribution in [2.75, 3.05) is 0 Å². The van der Waals surface area contributed by atoms with Gasteiger partial charge in [0, 0.05) is 23.5 Å². The molecule has 5 nitrogen and oxygen atoms in total. The molecule has 0 aliphatic heterocycles. The van der Waals surface area contributed by atoms with Crippen molar-refractivity contribution in [1.29, 1.82) is 0 Å². The van der Waals surface area contributed by atoms with E-state index in [0.29, 0.717) is 18.8 Å². The fourth-order valence-corrected chi connectivity index (χ4v) is 4.93. The predicted octanol–water partition coefficient (Wildman–Crippen LogP) is 3.84. The number of rotatable bonds is 5. The van der Waals surface area contributed by atoms with Crippen molar-refractivity contribution in [2.45, 2.75) is 59.8 Å². The Morgan fingerprint density at radius 1 is 1.32 bits per heavy atom. The van der Waals surface area contributed by atoms with E-state index in [1.807, 2.05) is 6.92 Å². The number of carbonyl (C=O) groups excluding carboxylic acids is 1. The molecule has 0 saturated heterocycles. The standard InChI is InChI=1S/C20H28O5/c1-12(9-17(22)23)5-7-19(3)13(2)6-8-20(4)15(18(24)25)10-14(21)11-16(19)20/h9-10,13,16H,5-8,11H2,1-4H3,(H,22,23)(H,24,25)/b12-9-/t13-,16+,19-,20-/m0/s1. The molecule has 0 aromatic rings. The number of fused-ring (bicyclic) bond motifs is 1. The van der Waals surface area contributed by atoms with Gasteiger partial charge in [0.2, 0.25) is 0 Å². The van der Waals surface area contributed by atoms with Gasteiger partial charge in [-0.15, -0.1) is 0 Å². The molecule has 2 aliphatic rings. The predicted molar refractivity (Wildman–Crippen MR) is 94.1 cm³/mol. The van der Waals surface area contributed by atoms with Crippen LogP contribution in [-0.4, -0.2) is 27.9 Å². The minimum absolute atomic E-state index is 0.0371. The first-order valence-electron chi connectivity index (χ1n) is 8.89. The largest absolute Gasteiger partial charge is 0.478 e. The Bertz CT molecular complexity index is 659. The summed E-state index contributed by atoms with van der Waals surface area (Å²) >= 11 is 0. The fraction of sp³-hybridized carbons (Fsp3) is 0.650. The molecule has 0 bridgehead atoms. The molecule has 0 unspecified atom stereocenters. The second-order valence-corrected chi connectivity index (χ2v) is 8.28. The highest BCUT2D eigenvalue weighted by atomic mass is 16.4. The zero-order chi connectivity index (χ0) is 19.0. The highest BCUT2D eigenvalue weighted by Gasteiger charge is 2.56. The molecule has 4 atom stereocenters. The molecule has 0 radical (unpaired) electrons. The highest BCUT2D eigenvalue weighted by molar-refractivity contribution is 6.01. The summed E-state index contributed by atoms with van der Waals surface area (Å²) in [5, 5.41) is 18.5. The van der Waals surface area contributed by atoms with Gasteiger partial charge in [-0.25, -0.2) is 9.59 Å². The molecule has 2 aliphatic carbocycles. The first-order chi connectivity index (χ1) is 11.5. The van der Waals surface area contributed by atoms with Crippen LogP contribution in [0.15, 0.2) is 23.3 Å². The van der Waals surface area contributed by atoms with Crippen LogP contribution in [0.4, 0.5) is 0 Å². The minimum atomic E-state index is -1.00. The van der Waals surface area contributed by atoms with Gasteiger partial charge in [-0.1, -0.05) is 26.3 Å². The number of carboxylic acids is 2. The molecule has 138 valence electrons. The van der Waals surface area contributed by atoms with Crippen molar-refractivity contribution < 1.29 is 24.6 Å². The van der Waals surface area contributed by atoms with Crippen LogP contribution in [0.1, 0.15) is 59.8 Å². The Labute approximate surface area is 148 Å². The summed E-state index contributed by atoms with van der Waals surface area (Å²) < 4.78 is 0. The van der Waals surface area contributed by atoms with Gasteiger partial charge >= 0.3 is 11.9 Å². The molecule has 25 heavy (non-hydrogen) atoms. The smallest absolute Gasteiger partial charge is 0.332 e. The van der Waals surface area contributed by atoms with Gasteiger partial charge in [-0.05, 0) is 55.9 Å². The van der Waals surface area contributed by atoms with Crippen LogP contribution in [0.5, 0.6) is 0 Å². The quantitative estimate of drug-likeness (QED) is 0.737. The number of hydrogen-bond acceptors (Lipinski definition) is 3. The molecule has 1 fully saturated rings. The second-order valence-electron chi connectivity index (χ2n) is 8.28. The van der Waals surface area contributed by atoms with Gasteiger partial charge in [0.1, 0.15) is 0 Å². The van der Waals surface area contributed by atoms with Crippen LogP contribution in [-0.2, 0) is 14.4 Å². The summed E-state index contributed by atoms with van der Waals surface area (Å²) in [6.07, 6.45) is 5.99. The first-order valence-corrected chi connectivity index (χ1v) is 8.89. The summed E-state index contributed by atoms with van der Waals surface area (Å²) in [4.78, 5) is 34.8. The molecule has 0 aromatic carbocycles. The lowest BCUT2D eigenvalue weighted by molar-refractivity contribution is -0.140. The van der Waals surface area contributed by atoms with Gasteiger partial charge in [0.05, 0.1) is 0 Å². The first kappa shape index (κ1) is 19.4. The van der Waals surface area contributed by atoms with E-state index in [2.05, 4.69) is 13.8 Å². The molecule has 0 spiro atoms. The lowest BCUT2D eigenvalue weighted by atomic mass is 9.46. The molecule has 5 heteroatoms. The maximum Gasteiger partial charge on any atom is 0.332 e. The molecule has 0 heterocycles. The average Bonchev–Trinajstić information content (AvgIpc) is 2.50. The van der Waals surface area contributed by atoms with E-state index in [1.54, 1.807) is 6.92 Å². The Kier molecular flexibility index (Phi) is 5.26. The Morgan fingerprint density at radius 2 is 1.96 bits per heavy atom. The molecule has 2 N–H and O–H groups in total. The maximum absolute atomic E-state index is 12.2. The van der Waals surface area contributed by atoms with Crippen LogP contribution < -0.4 is 0 Å². The van der Waals surface area contributed by atoms with E-state index in [4.69, 9.17) is 5.11 Å². The van der Waals surface area contributed by atoms with E-state index >= 15 is 0 Å². The Morgan fingerprint density at radius 3 is 2.52 bits per heavy atom. The second kappa shape index (κ2) is 6.77. The van der Waals surface area contributed by atoms with E-state index in [1.165, 1.54) is 12.2 Å². The molecule has 0 aromatic heterocycles. The van der Waals surface area contributed by atoms with Gasteiger partial charge in [0.25, 0.3) is 0 Å². The van der Waals surface area contributed by atoms with E-state index in [-0.39, 0.29) is 22.7 Å². The number of allylic oxidation sites excluding steroid dienone is 2. The number of hydrogen-bond donors (Lipinski definition) is 2. The SMILES string of the molecule is C/C(=C/C(=O)O)CC[C@]1(C)[C@H]2CC(=O)C=C(C(=O)O)[C@]2(C)CC[C@@H]1C. The van der Waals surface area contributed by atoms with Gasteiger partial charge in [-0.2, -0.15) is 0 Å². The topological polar surface area (TPSA) is 91.7 Å². The normalized spacial score (nSPS) is 35.8. The Hall–Kier alpha value is -1.91. The summed E-state index contributed by atoms with van der Waals surface area (Å²) in [6.45, 7) is 8.10. The average molecular weight is 348 g/mol. The maximum atomic E-state index is 12.2. The molecule has 2 rings (SSSR count). The monoisotopic (exact) mass is 348 g/mol. The number of ketones is 1. The number of carboxylic acid groups (broad SMARTS) is 2. The number of aliphatic carboxylic acids is 2. The third-order valence-electron chi connectivity index (χ3n) is 6.77. The number of carbonyl (C=O) groups is 3. The summed E-state index contributed by atoms with van der Waals surface area (Å²) in [5.41, 5.74) is 0.324. The van der Waals surface area contributed by atoms with E-state index in [0.717, 1.165) is 24.8 Å². The van der Waals surface area contributed by atoms with Gasteiger partial charge in [-0.3, -0.25) is 4.79 Å². The Balaban J connectivity index is 2.37. The molecule has 1 saturated carbocycles. The van der Waals surface area contributed by atoms with Crippen molar-refractivity contribution in [3.63, 3.8) is 0 Å². The van der Waals surface area contributed by atoms with Crippen molar-refractivity contribution in [1.82, 2.24) is 0 Å². The van der Waals surface area contributed by atoms with Crippen molar-refractivity contribution in [3.05, 3.63) is 23.3 Å². The lowest BCUT2D eigenvalue weighted by Crippen LogP contribution is -2.52. The molecular weight excluding hydrogens is 320 g/mol. The zero-order valence-corrected chi connectivity index (χ0v) is 15.5. The van der Waals surface area contributed by atoms with E-state index < -0.39 is 17.4 Å². The zero-order valence-electron chi connectivity index (χ0n) is 15.5. The van der Waals surface area contributed by atoms with Crippen molar-refractivity contribution in [3.8, 4) is 0 Å². The summed E-state index contributed by atoms with van der Waals surface area (Å²) in [6, 6.07) is 0. The third-order valence-corrected chi connectivity index (χ3v) is 6.77. The lowest BCUT2D eigenvalue weighted by Gasteiger charge is -2.57. The van der Waals surface area contributed by atoms with Crippen LogP contribution in [0.2, 0.25) is 0 Å². The third kappa shape index (κ3) is 3.55. The fourth-order valence-electron chi connectivity index (χ4n) is 4.93. The van der Waals surface area contributed by atoms with Crippen molar-refractivity contribution in [2.24, 2.45) is 22.7 Å². The molecular formula is C20H28O5. The highest BCUT2D eigenvalue weighted by Crippen LogP contribution is 2.61. The van der Waals surface area contributed by atoms with Crippen LogP contribution in [0, 0.1) is 22.7 Å². The molecule has 0 amide bonds. The van der Waals surface area contributed by atoms with Crippen LogP contribution in [0.25, 0.3) is 0 Å². The summed E-state index contributed by atoms with van der Waals surface area (Å²) in [5.74, 6) is -1.75.